The molecule has 4 heteroatoms. The number of nitrogens with zero attached hydrogens (tertiary/aromatic N) is 1. The molecular formula is C18H34N2O2. The molecule has 1 N–H and O–H groups in total. The maximum atomic E-state index is 12.1. The van der Waals surface area contributed by atoms with Crippen molar-refractivity contribution < 1.29 is 9.53 Å². The second kappa shape index (κ2) is 9.51. The molecule has 0 aromatic heterocycles. The van der Waals surface area contributed by atoms with Crippen LogP contribution in [-0.4, -0.2) is 49.7 Å². The lowest BCUT2D eigenvalue weighted by Gasteiger charge is -2.37. The molecule has 1 aliphatic heterocycles. The molecule has 2 rings (SSSR count). The van der Waals surface area contributed by atoms with E-state index in [2.05, 4.69) is 24.1 Å². The number of amides is 1. The van der Waals surface area contributed by atoms with Crippen LogP contribution < -0.4 is 5.32 Å². The van der Waals surface area contributed by atoms with Gasteiger partial charge in [-0.05, 0) is 18.3 Å². The van der Waals surface area contributed by atoms with Crippen molar-refractivity contribution in [3.05, 3.63) is 0 Å². The van der Waals surface area contributed by atoms with Crippen LogP contribution in [0.1, 0.15) is 58.8 Å². The van der Waals surface area contributed by atoms with E-state index in [9.17, 15) is 4.79 Å². The molecule has 4 nitrogen and oxygen atoms in total. The molecule has 1 unspecified atom stereocenters. The molecule has 0 aromatic carbocycles. The van der Waals surface area contributed by atoms with E-state index in [-0.39, 0.29) is 5.91 Å². The van der Waals surface area contributed by atoms with Crippen molar-refractivity contribution in [2.24, 2.45) is 11.8 Å². The first-order valence-corrected chi connectivity index (χ1v) is 9.25. The van der Waals surface area contributed by atoms with Gasteiger partial charge >= 0.3 is 0 Å². The van der Waals surface area contributed by atoms with Gasteiger partial charge in [-0.3, -0.25) is 9.69 Å². The summed E-state index contributed by atoms with van der Waals surface area (Å²) in [6, 6.07) is 0.433. The number of rotatable bonds is 7. The Morgan fingerprint density at radius 2 is 1.86 bits per heavy atom. The highest BCUT2D eigenvalue weighted by molar-refractivity contribution is 5.75. The highest BCUT2D eigenvalue weighted by Crippen LogP contribution is 2.27. The summed E-state index contributed by atoms with van der Waals surface area (Å²) in [7, 11) is 0. The van der Waals surface area contributed by atoms with Gasteiger partial charge in [-0.15, -0.1) is 0 Å². The fraction of sp³-hybridized carbons (Fsp3) is 0.944. The number of morpholine rings is 1. The quantitative estimate of drug-likeness (QED) is 0.786. The summed E-state index contributed by atoms with van der Waals surface area (Å²) < 4.78 is 5.43. The van der Waals surface area contributed by atoms with Crippen molar-refractivity contribution in [3.63, 3.8) is 0 Å². The van der Waals surface area contributed by atoms with Gasteiger partial charge in [-0.1, -0.05) is 46.0 Å². The van der Waals surface area contributed by atoms with Crippen molar-refractivity contribution in [2.45, 2.75) is 64.8 Å². The molecule has 128 valence electrons. The molecule has 1 aliphatic carbocycles. The van der Waals surface area contributed by atoms with E-state index in [0.29, 0.717) is 18.4 Å². The lowest BCUT2D eigenvalue weighted by molar-refractivity contribution is -0.121. The molecule has 2 aliphatic rings. The molecule has 1 saturated heterocycles. The predicted molar refractivity (Wildman–Crippen MR) is 89.8 cm³/mol. The van der Waals surface area contributed by atoms with Crippen molar-refractivity contribution in [1.82, 2.24) is 10.2 Å². The fourth-order valence-electron chi connectivity index (χ4n) is 3.81. The lowest BCUT2D eigenvalue weighted by Crippen LogP contribution is -2.51. The van der Waals surface area contributed by atoms with Crippen LogP contribution in [0.3, 0.4) is 0 Å². The van der Waals surface area contributed by atoms with Gasteiger partial charge in [0.05, 0.1) is 13.2 Å². The number of ether oxygens (including phenoxy) is 1. The summed E-state index contributed by atoms with van der Waals surface area (Å²) in [6.07, 6.45) is 8.55. The molecule has 0 spiro atoms. The Morgan fingerprint density at radius 3 is 2.50 bits per heavy atom. The highest BCUT2D eigenvalue weighted by Gasteiger charge is 2.24. The van der Waals surface area contributed by atoms with Crippen LogP contribution in [0.15, 0.2) is 0 Å². The Kier molecular flexibility index (Phi) is 7.67. The lowest BCUT2D eigenvalue weighted by atomic mass is 9.86. The number of carbonyl (C=O) groups is 1. The van der Waals surface area contributed by atoms with Crippen molar-refractivity contribution in [3.8, 4) is 0 Å². The average molecular weight is 310 g/mol. The molecule has 2 fully saturated rings. The maximum absolute atomic E-state index is 12.1. The van der Waals surface area contributed by atoms with Crippen LogP contribution in [0, 0.1) is 11.8 Å². The number of carbonyl (C=O) groups excluding carboxylic acids is 1. The van der Waals surface area contributed by atoms with E-state index in [4.69, 9.17) is 4.74 Å². The van der Waals surface area contributed by atoms with E-state index in [0.717, 1.165) is 45.2 Å². The first kappa shape index (κ1) is 17.7. The van der Waals surface area contributed by atoms with Crippen molar-refractivity contribution in [1.29, 1.82) is 0 Å². The standard InChI is InChI=1S/C18H34N2O2/c1-15(2)17(20-10-12-22-13-11-20)14-19-18(21)9-8-16-6-4-3-5-7-16/h15-17H,3-14H2,1-2H3,(H,19,21). The van der Waals surface area contributed by atoms with Crippen LogP contribution in [0.4, 0.5) is 0 Å². The minimum Gasteiger partial charge on any atom is -0.379 e. The molecule has 1 atom stereocenters. The summed E-state index contributed by atoms with van der Waals surface area (Å²) >= 11 is 0. The van der Waals surface area contributed by atoms with Gasteiger partial charge in [-0.2, -0.15) is 0 Å². The smallest absolute Gasteiger partial charge is 0.220 e. The zero-order chi connectivity index (χ0) is 15.8. The largest absolute Gasteiger partial charge is 0.379 e. The third kappa shape index (κ3) is 5.88. The number of hydrogen-bond donors (Lipinski definition) is 1. The Bertz CT molecular complexity index is 321. The molecule has 0 radical (unpaired) electrons. The van der Waals surface area contributed by atoms with Crippen LogP contribution in [0.2, 0.25) is 0 Å². The first-order chi connectivity index (χ1) is 10.7. The third-order valence-corrected chi connectivity index (χ3v) is 5.30. The molecule has 1 heterocycles. The summed E-state index contributed by atoms with van der Waals surface area (Å²) in [4.78, 5) is 14.6. The van der Waals surface area contributed by atoms with Gasteiger partial charge in [0.2, 0.25) is 5.91 Å². The maximum Gasteiger partial charge on any atom is 0.220 e. The fourth-order valence-corrected chi connectivity index (χ4v) is 3.81. The summed E-state index contributed by atoms with van der Waals surface area (Å²) in [6.45, 7) is 8.88. The monoisotopic (exact) mass is 310 g/mol. The zero-order valence-corrected chi connectivity index (χ0v) is 14.5. The van der Waals surface area contributed by atoms with E-state index in [1.807, 2.05) is 0 Å². The predicted octanol–water partition coefficient (Wildman–Crippen LogP) is 2.82. The van der Waals surface area contributed by atoms with Crippen LogP contribution in [-0.2, 0) is 9.53 Å². The highest BCUT2D eigenvalue weighted by atomic mass is 16.5. The molecule has 0 bridgehead atoms. The topological polar surface area (TPSA) is 41.6 Å². The van der Waals surface area contributed by atoms with Gasteiger partial charge in [0.1, 0.15) is 0 Å². The van der Waals surface area contributed by atoms with Crippen molar-refractivity contribution >= 4 is 5.91 Å². The minimum absolute atomic E-state index is 0.240. The van der Waals surface area contributed by atoms with Gasteiger partial charge in [0.15, 0.2) is 0 Å². The Balaban J connectivity index is 1.68. The Hall–Kier alpha value is -0.610. The Labute approximate surface area is 136 Å². The Morgan fingerprint density at radius 1 is 1.18 bits per heavy atom. The van der Waals surface area contributed by atoms with Gasteiger partial charge < -0.3 is 10.1 Å². The van der Waals surface area contributed by atoms with Crippen LogP contribution in [0.5, 0.6) is 0 Å². The van der Waals surface area contributed by atoms with Gasteiger partial charge in [0.25, 0.3) is 0 Å². The second-order valence-corrected chi connectivity index (χ2v) is 7.31. The number of nitrogens with one attached hydrogen (secondary N) is 1. The van der Waals surface area contributed by atoms with Gasteiger partial charge in [-0.25, -0.2) is 0 Å². The molecule has 22 heavy (non-hydrogen) atoms. The molecule has 1 saturated carbocycles. The normalized spacial score (nSPS) is 22.7. The molecule has 1 amide bonds. The zero-order valence-electron chi connectivity index (χ0n) is 14.5. The summed E-state index contributed by atoms with van der Waals surface area (Å²) in [5.74, 6) is 1.58. The molecule has 0 aromatic rings. The second-order valence-electron chi connectivity index (χ2n) is 7.31. The van der Waals surface area contributed by atoms with Gasteiger partial charge in [0, 0.05) is 32.1 Å². The summed E-state index contributed by atoms with van der Waals surface area (Å²) in [5.41, 5.74) is 0. The van der Waals surface area contributed by atoms with E-state index >= 15 is 0 Å². The van der Waals surface area contributed by atoms with Crippen LogP contribution >= 0.6 is 0 Å². The summed E-state index contributed by atoms with van der Waals surface area (Å²) in [5, 5.41) is 3.18. The average Bonchev–Trinajstić information content (AvgIpc) is 2.55. The van der Waals surface area contributed by atoms with Crippen molar-refractivity contribution in [2.75, 3.05) is 32.8 Å². The van der Waals surface area contributed by atoms with E-state index in [1.165, 1.54) is 32.1 Å². The van der Waals surface area contributed by atoms with E-state index in [1.54, 1.807) is 0 Å². The SMILES string of the molecule is CC(C)C(CNC(=O)CCC1CCCCC1)N1CCOCC1. The molecular weight excluding hydrogens is 276 g/mol. The number of hydrogen-bond acceptors (Lipinski definition) is 3. The van der Waals surface area contributed by atoms with E-state index < -0.39 is 0 Å². The third-order valence-electron chi connectivity index (χ3n) is 5.30. The minimum atomic E-state index is 0.240. The van der Waals surface area contributed by atoms with Crippen LogP contribution in [0.25, 0.3) is 0 Å². The first-order valence-electron chi connectivity index (χ1n) is 9.25.